The number of hydrogen-bond donors (Lipinski definition) is 1. The second-order valence-corrected chi connectivity index (χ2v) is 8.64. The van der Waals surface area contributed by atoms with Crippen LogP contribution in [0.25, 0.3) is 0 Å². The summed E-state index contributed by atoms with van der Waals surface area (Å²) in [6.07, 6.45) is 0.505. The number of aryl methyl sites for hydroxylation is 1. The third-order valence-corrected chi connectivity index (χ3v) is 6.24. The summed E-state index contributed by atoms with van der Waals surface area (Å²) in [6.45, 7) is 1.96. The van der Waals surface area contributed by atoms with Crippen LogP contribution in [0.1, 0.15) is 16.7 Å². The van der Waals surface area contributed by atoms with E-state index in [1.807, 2.05) is 43.3 Å². The Balaban J connectivity index is 1.96. The van der Waals surface area contributed by atoms with Crippen LogP contribution in [0, 0.1) is 6.92 Å². The van der Waals surface area contributed by atoms with Gasteiger partial charge in [0.25, 0.3) is 10.0 Å². The first-order chi connectivity index (χ1) is 13.8. The van der Waals surface area contributed by atoms with Crippen molar-refractivity contribution in [2.45, 2.75) is 18.2 Å². The summed E-state index contributed by atoms with van der Waals surface area (Å²) in [6, 6.07) is 17.6. The molecule has 0 unspecified atom stereocenters. The van der Waals surface area contributed by atoms with E-state index in [0.717, 1.165) is 16.7 Å². The molecule has 152 valence electrons. The Labute approximate surface area is 176 Å². The van der Waals surface area contributed by atoms with Crippen LogP contribution in [-0.4, -0.2) is 22.6 Å². The van der Waals surface area contributed by atoms with Crippen molar-refractivity contribution in [1.82, 2.24) is 0 Å². The smallest absolute Gasteiger partial charge is 0.262 e. The second-order valence-electron chi connectivity index (χ2n) is 6.55. The molecule has 3 aromatic rings. The molecule has 0 aliphatic rings. The summed E-state index contributed by atoms with van der Waals surface area (Å²) in [4.78, 5) is 0.0828. The highest BCUT2D eigenvalue weighted by molar-refractivity contribution is 7.92. The van der Waals surface area contributed by atoms with Gasteiger partial charge in [0.1, 0.15) is 0 Å². The molecule has 3 rings (SSSR count). The van der Waals surface area contributed by atoms with Crippen molar-refractivity contribution in [3.8, 4) is 11.5 Å². The minimum absolute atomic E-state index is 0.0828. The first kappa shape index (κ1) is 21.0. The summed E-state index contributed by atoms with van der Waals surface area (Å²) in [5.74, 6) is 0.803. The molecule has 0 fully saturated rings. The van der Waals surface area contributed by atoms with E-state index >= 15 is 0 Å². The topological polar surface area (TPSA) is 64.6 Å². The lowest BCUT2D eigenvalue weighted by Crippen LogP contribution is -2.14. The molecule has 0 bridgehead atoms. The Bertz CT molecular complexity index is 1130. The molecular weight excluding hydrogens is 410 g/mol. The normalized spacial score (nSPS) is 11.2. The number of nitrogens with one attached hydrogen (secondary N) is 1. The van der Waals surface area contributed by atoms with Gasteiger partial charge in [-0.3, -0.25) is 4.72 Å². The Morgan fingerprint density at radius 3 is 2.31 bits per heavy atom. The summed E-state index contributed by atoms with van der Waals surface area (Å²) in [5, 5.41) is 0.641. The van der Waals surface area contributed by atoms with Gasteiger partial charge < -0.3 is 9.47 Å². The first-order valence-corrected chi connectivity index (χ1v) is 10.8. The predicted octanol–water partition coefficient (Wildman–Crippen LogP) is 5.06. The van der Waals surface area contributed by atoms with E-state index in [2.05, 4.69) is 4.72 Å². The molecule has 0 aliphatic carbocycles. The average Bonchev–Trinajstić information content (AvgIpc) is 2.71. The number of hydrogen-bond acceptors (Lipinski definition) is 4. The summed E-state index contributed by atoms with van der Waals surface area (Å²) >= 11 is 6.29. The third-order valence-electron chi connectivity index (χ3n) is 4.51. The fraction of sp³-hybridized carbons (Fsp3) is 0.182. The molecule has 0 aliphatic heterocycles. The fourth-order valence-corrected chi connectivity index (χ4v) is 4.32. The molecule has 0 aromatic heterocycles. The van der Waals surface area contributed by atoms with Gasteiger partial charge in [0.2, 0.25) is 0 Å². The fourth-order valence-electron chi connectivity index (χ4n) is 3.00. The van der Waals surface area contributed by atoms with Gasteiger partial charge in [-0.2, -0.15) is 0 Å². The van der Waals surface area contributed by atoms with Gasteiger partial charge in [-0.15, -0.1) is 0 Å². The van der Waals surface area contributed by atoms with Gasteiger partial charge in [0.15, 0.2) is 11.5 Å². The zero-order chi connectivity index (χ0) is 21.0. The van der Waals surface area contributed by atoms with Crippen LogP contribution < -0.4 is 14.2 Å². The van der Waals surface area contributed by atoms with Crippen LogP contribution in [0.2, 0.25) is 5.02 Å². The molecule has 3 aromatic carbocycles. The number of sulfonamides is 1. The van der Waals surface area contributed by atoms with Crippen LogP contribution in [0.4, 0.5) is 5.69 Å². The van der Waals surface area contributed by atoms with Crippen molar-refractivity contribution in [2.24, 2.45) is 0 Å². The van der Waals surface area contributed by atoms with Gasteiger partial charge in [-0.1, -0.05) is 47.5 Å². The van der Waals surface area contributed by atoms with Crippen LogP contribution in [0.5, 0.6) is 11.5 Å². The van der Waals surface area contributed by atoms with Gasteiger partial charge in [-0.25, -0.2) is 8.42 Å². The molecule has 29 heavy (non-hydrogen) atoms. The van der Waals surface area contributed by atoms with Gasteiger partial charge in [0, 0.05) is 17.5 Å². The molecule has 0 saturated heterocycles. The lowest BCUT2D eigenvalue weighted by Gasteiger charge is -2.15. The Morgan fingerprint density at radius 2 is 1.62 bits per heavy atom. The highest BCUT2D eigenvalue weighted by atomic mass is 35.5. The Hall–Kier alpha value is -2.70. The molecule has 0 radical (unpaired) electrons. The zero-order valence-corrected chi connectivity index (χ0v) is 18.0. The third kappa shape index (κ3) is 4.83. The van der Waals surface area contributed by atoms with E-state index in [1.165, 1.54) is 26.4 Å². The van der Waals surface area contributed by atoms with Crippen molar-refractivity contribution >= 4 is 27.3 Å². The van der Waals surface area contributed by atoms with E-state index in [1.54, 1.807) is 12.1 Å². The summed E-state index contributed by atoms with van der Waals surface area (Å²) in [7, 11) is -0.868. The van der Waals surface area contributed by atoms with Gasteiger partial charge in [0.05, 0.1) is 24.8 Å². The van der Waals surface area contributed by atoms with Crippen LogP contribution >= 0.6 is 11.6 Å². The average molecular weight is 432 g/mol. The molecular formula is C22H22ClNO4S. The molecule has 0 heterocycles. The SMILES string of the molecule is COc1ccc(S(=O)(=O)Nc2ccc(C)cc2Cc2ccccc2Cl)cc1OC. The summed E-state index contributed by atoms with van der Waals surface area (Å²) < 4.78 is 39.1. The molecule has 0 saturated carbocycles. The lowest BCUT2D eigenvalue weighted by atomic mass is 10.0. The van der Waals surface area contributed by atoms with E-state index in [9.17, 15) is 8.42 Å². The van der Waals surface area contributed by atoms with E-state index in [0.29, 0.717) is 28.6 Å². The number of halogens is 1. The van der Waals surface area contributed by atoms with Gasteiger partial charge in [-0.05, 0) is 42.3 Å². The summed E-state index contributed by atoms with van der Waals surface area (Å²) in [5.41, 5.74) is 3.29. The number of ether oxygens (including phenoxy) is 2. The maximum Gasteiger partial charge on any atom is 0.262 e. The standard InChI is InChI=1S/C22H22ClNO4S/c1-15-8-10-20(17(12-15)13-16-6-4-5-7-19(16)23)24-29(25,26)18-9-11-21(27-2)22(14-18)28-3/h4-12,14,24H,13H2,1-3H3. The molecule has 0 amide bonds. The van der Waals surface area contributed by atoms with Crippen molar-refractivity contribution in [1.29, 1.82) is 0 Å². The molecule has 1 N–H and O–H groups in total. The zero-order valence-electron chi connectivity index (χ0n) is 16.4. The number of anilines is 1. The van der Waals surface area contributed by atoms with Crippen molar-refractivity contribution in [2.75, 3.05) is 18.9 Å². The molecule has 0 spiro atoms. The van der Waals surface area contributed by atoms with Crippen molar-refractivity contribution in [3.63, 3.8) is 0 Å². The highest BCUT2D eigenvalue weighted by Crippen LogP contribution is 2.31. The quantitative estimate of drug-likeness (QED) is 0.568. The highest BCUT2D eigenvalue weighted by Gasteiger charge is 2.19. The second kappa shape index (κ2) is 8.76. The number of methoxy groups -OCH3 is 2. The van der Waals surface area contributed by atoms with Crippen molar-refractivity contribution in [3.05, 3.63) is 82.4 Å². The first-order valence-electron chi connectivity index (χ1n) is 8.92. The Morgan fingerprint density at radius 1 is 0.897 bits per heavy atom. The minimum Gasteiger partial charge on any atom is -0.493 e. The molecule has 7 heteroatoms. The van der Waals surface area contributed by atoms with E-state index < -0.39 is 10.0 Å². The molecule has 0 atom stereocenters. The lowest BCUT2D eigenvalue weighted by molar-refractivity contribution is 0.354. The largest absolute Gasteiger partial charge is 0.493 e. The number of rotatable bonds is 7. The maximum absolute atomic E-state index is 13.0. The van der Waals surface area contributed by atoms with E-state index in [-0.39, 0.29) is 4.90 Å². The maximum atomic E-state index is 13.0. The van der Waals surface area contributed by atoms with Crippen LogP contribution in [-0.2, 0) is 16.4 Å². The van der Waals surface area contributed by atoms with Crippen molar-refractivity contribution < 1.29 is 17.9 Å². The monoisotopic (exact) mass is 431 g/mol. The van der Waals surface area contributed by atoms with Crippen LogP contribution in [0.3, 0.4) is 0 Å². The Kier molecular flexibility index (Phi) is 6.35. The van der Waals surface area contributed by atoms with Gasteiger partial charge >= 0.3 is 0 Å². The van der Waals surface area contributed by atoms with E-state index in [4.69, 9.17) is 21.1 Å². The molecule has 5 nitrogen and oxygen atoms in total. The van der Waals surface area contributed by atoms with Crippen LogP contribution in [0.15, 0.2) is 65.6 Å². The predicted molar refractivity (Wildman–Crippen MR) is 116 cm³/mol. The minimum atomic E-state index is -3.83. The number of benzene rings is 3.